The van der Waals surface area contributed by atoms with Crippen LogP contribution in [0.3, 0.4) is 0 Å². The van der Waals surface area contributed by atoms with Crippen molar-refractivity contribution in [3.8, 4) is 22.4 Å². The van der Waals surface area contributed by atoms with Crippen LogP contribution in [-0.4, -0.2) is 116 Å². The minimum atomic E-state index is -1.05. The molecule has 69 heavy (non-hydrogen) atoms. The molecule has 360 valence electrons. The summed E-state index contributed by atoms with van der Waals surface area (Å²) in [5.41, 5.74) is 7.53. The third-order valence-electron chi connectivity index (χ3n) is 12.6. The minimum absolute atomic E-state index is 0.00222. The highest BCUT2D eigenvalue weighted by Crippen LogP contribution is 2.43. The van der Waals surface area contributed by atoms with Gasteiger partial charge in [-0.25, -0.2) is 4.99 Å². The Balaban J connectivity index is 0.905. The Labute approximate surface area is 403 Å². The Morgan fingerprint density at radius 1 is 0.812 bits per heavy atom. The average molecular weight is 935 g/mol. The van der Waals surface area contributed by atoms with Gasteiger partial charge in [-0.3, -0.25) is 24.1 Å². The number of carbonyl (C=O) groups is 5. The van der Waals surface area contributed by atoms with E-state index in [0.717, 1.165) is 56.8 Å². The van der Waals surface area contributed by atoms with E-state index in [0.29, 0.717) is 43.5 Å². The van der Waals surface area contributed by atoms with Crippen molar-refractivity contribution in [1.82, 2.24) is 25.0 Å². The number of ether oxygens (including phenoxy) is 2. The average Bonchev–Trinajstić information content (AvgIpc) is 3.84. The molecule has 5 aromatic rings. The number of aliphatic imine (C=N–C) groups is 1. The number of rotatable bonds is 25. The van der Waals surface area contributed by atoms with Crippen LogP contribution < -0.4 is 16.0 Å². The Hall–Kier alpha value is -7.23. The fraction of sp³-hybridized carbons (Fsp3) is 0.352. The van der Waals surface area contributed by atoms with Crippen molar-refractivity contribution >= 4 is 54.0 Å². The number of fused-ring (bicyclic) bond motifs is 1. The van der Waals surface area contributed by atoms with Crippen molar-refractivity contribution in [3.63, 3.8) is 0 Å². The number of amides is 4. The van der Waals surface area contributed by atoms with E-state index in [1.807, 2.05) is 54.9 Å². The van der Waals surface area contributed by atoms with Gasteiger partial charge in [-0.15, -0.1) is 0 Å². The molecule has 1 saturated carbocycles. The van der Waals surface area contributed by atoms with E-state index in [1.54, 1.807) is 18.2 Å². The standard InChI is InChI=1S/C54H62N8O7/c1-56-47(64)25-24-43(36-63)62-53(66)44-22-13-23-46(50(44)54(62)67)57-27-29-69-31-30-68-28-26-48(65)58-34-38-14-12-15-39(32-38)35-61-51(41-18-8-4-9-19-41)49(40-16-6-3-7-17-40)45(33-55)52(61)59-37-60(2)42-20-10-5-11-21-42/h3-4,6-9,12-19,22-23,32-33,36-37,42-43,55,57H,5,10-11,20-21,24-31,34-35H2,1-2H3,(H,56,64)(H,58,65)/b55-33?,59-37-. The number of hydrogen-bond acceptors (Lipinski definition) is 10. The van der Waals surface area contributed by atoms with Crippen LogP contribution in [0.25, 0.3) is 22.4 Å². The van der Waals surface area contributed by atoms with E-state index >= 15 is 0 Å². The van der Waals surface area contributed by atoms with Gasteiger partial charge in [-0.2, -0.15) is 0 Å². The molecule has 1 aromatic heterocycles. The smallest absolute Gasteiger partial charge is 0.264 e. The molecule has 1 fully saturated rings. The lowest BCUT2D eigenvalue weighted by atomic mass is 9.95. The molecule has 0 spiro atoms. The Morgan fingerprint density at radius 2 is 1.51 bits per heavy atom. The van der Waals surface area contributed by atoms with Gasteiger partial charge < -0.3 is 45.1 Å². The number of aldehydes is 1. The highest BCUT2D eigenvalue weighted by molar-refractivity contribution is 6.24. The molecule has 7 rings (SSSR count). The minimum Gasteiger partial charge on any atom is -0.382 e. The summed E-state index contributed by atoms with van der Waals surface area (Å²) in [6.07, 6.45) is 10.1. The molecule has 15 nitrogen and oxygen atoms in total. The van der Waals surface area contributed by atoms with Gasteiger partial charge in [-0.05, 0) is 53.6 Å². The molecule has 2 heterocycles. The Kier molecular flexibility index (Phi) is 17.8. The van der Waals surface area contributed by atoms with Gasteiger partial charge in [0.15, 0.2) is 0 Å². The highest BCUT2D eigenvalue weighted by atomic mass is 16.5. The molecule has 0 radical (unpaired) electrons. The number of carbonyl (C=O) groups excluding carboxylic acids is 5. The molecule has 0 bridgehead atoms. The molecular weight excluding hydrogens is 873 g/mol. The molecule has 1 aliphatic carbocycles. The first-order chi connectivity index (χ1) is 33.7. The maximum Gasteiger partial charge on any atom is 0.264 e. The second-order valence-electron chi connectivity index (χ2n) is 17.2. The molecule has 15 heteroatoms. The van der Waals surface area contributed by atoms with Crippen molar-refractivity contribution in [2.45, 2.75) is 76.5 Å². The summed E-state index contributed by atoms with van der Waals surface area (Å²) in [7, 11) is 3.58. The van der Waals surface area contributed by atoms with Crippen molar-refractivity contribution in [2.24, 2.45) is 4.99 Å². The van der Waals surface area contributed by atoms with E-state index in [1.165, 1.54) is 32.5 Å². The molecule has 0 saturated heterocycles. The number of nitrogens with zero attached hydrogens (tertiary/aromatic N) is 4. The summed E-state index contributed by atoms with van der Waals surface area (Å²) < 4.78 is 13.6. The van der Waals surface area contributed by atoms with Crippen LogP contribution in [0.1, 0.15) is 88.8 Å². The molecule has 1 atom stereocenters. The SMILES string of the molecule is CNC(=O)CCC(C=O)N1C(=O)c2cccc(NCCOCCOCCC(=O)NCc3cccc(Cn4c(/N=C\N(C)C5CCCCC5)c(C=N)c(-c5ccccc5)c4-c4ccccc4)c3)c2C1=O. The van der Waals surface area contributed by atoms with Crippen molar-refractivity contribution < 1.29 is 33.4 Å². The van der Waals surface area contributed by atoms with Gasteiger partial charge in [0.25, 0.3) is 11.8 Å². The monoisotopic (exact) mass is 934 g/mol. The molecule has 4 aromatic carbocycles. The number of aromatic nitrogens is 1. The molecular formula is C54H62N8O7. The summed E-state index contributed by atoms with van der Waals surface area (Å²) in [5.74, 6) is -0.880. The van der Waals surface area contributed by atoms with Crippen molar-refractivity contribution in [2.75, 3.05) is 52.4 Å². The molecule has 1 unspecified atom stereocenters. The molecule has 1 aliphatic heterocycles. The lowest BCUT2D eigenvalue weighted by Gasteiger charge is -2.29. The zero-order valence-electron chi connectivity index (χ0n) is 39.5. The quantitative estimate of drug-likeness (QED) is 0.0150. The lowest BCUT2D eigenvalue weighted by Crippen LogP contribution is -2.41. The van der Waals surface area contributed by atoms with Crippen LogP contribution in [0, 0.1) is 5.41 Å². The predicted molar refractivity (Wildman–Crippen MR) is 268 cm³/mol. The van der Waals surface area contributed by atoms with Gasteiger partial charge in [0.05, 0.1) is 55.6 Å². The third-order valence-corrected chi connectivity index (χ3v) is 12.6. The van der Waals surface area contributed by atoms with Crippen LogP contribution in [0.15, 0.2) is 108 Å². The number of benzene rings is 4. The number of nitrogens with one attached hydrogen (secondary N) is 4. The summed E-state index contributed by atoms with van der Waals surface area (Å²) in [6.45, 7) is 2.23. The summed E-state index contributed by atoms with van der Waals surface area (Å²) in [6, 6.07) is 32.9. The number of hydrogen-bond donors (Lipinski definition) is 4. The summed E-state index contributed by atoms with van der Waals surface area (Å²) in [4.78, 5) is 71.2. The molecule has 2 aliphatic rings. The zero-order valence-corrected chi connectivity index (χ0v) is 39.5. The lowest BCUT2D eigenvalue weighted by molar-refractivity contribution is -0.123. The Morgan fingerprint density at radius 3 is 2.22 bits per heavy atom. The van der Waals surface area contributed by atoms with Crippen molar-refractivity contribution in [3.05, 3.63) is 131 Å². The van der Waals surface area contributed by atoms with Crippen molar-refractivity contribution in [1.29, 1.82) is 5.41 Å². The van der Waals surface area contributed by atoms with Gasteiger partial charge in [0.1, 0.15) is 12.1 Å². The van der Waals surface area contributed by atoms with Crippen LogP contribution >= 0.6 is 0 Å². The summed E-state index contributed by atoms with van der Waals surface area (Å²) >= 11 is 0. The predicted octanol–water partition coefficient (Wildman–Crippen LogP) is 7.63. The maximum atomic E-state index is 13.3. The summed E-state index contributed by atoms with van der Waals surface area (Å²) in [5, 5.41) is 17.4. The molecule has 4 N–H and O–H groups in total. The number of anilines is 1. The normalized spacial score (nSPS) is 14.1. The van der Waals surface area contributed by atoms with E-state index in [4.69, 9.17) is 19.9 Å². The van der Waals surface area contributed by atoms with E-state index < -0.39 is 17.9 Å². The van der Waals surface area contributed by atoms with Crippen LogP contribution in [-0.2, 0) is 36.9 Å². The second kappa shape index (κ2) is 24.7. The third kappa shape index (κ3) is 12.5. The van der Waals surface area contributed by atoms with Gasteiger partial charge >= 0.3 is 0 Å². The molecule has 4 amide bonds. The first-order valence-corrected chi connectivity index (χ1v) is 23.8. The van der Waals surface area contributed by atoms with Crippen LogP contribution in [0.4, 0.5) is 11.5 Å². The van der Waals surface area contributed by atoms with Crippen LogP contribution in [0.2, 0.25) is 0 Å². The van der Waals surface area contributed by atoms with Crippen LogP contribution in [0.5, 0.6) is 0 Å². The second-order valence-corrected chi connectivity index (χ2v) is 17.2. The zero-order chi connectivity index (χ0) is 48.5. The van der Waals surface area contributed by atoms with Gasteiger partial charge in [0.2, 0.25) is 11.8 Å². The van der Waals surface area contributed by atoms with E-state index in [9.17, 15) is 24.0 Å². The van der Waals surface area contributed by atoms with Gasteiger partial charge in [0, 0.05) is 75.6 Å². The number of imide groups is 1. The fourth-order valence-corrected chi connectivity index (χ4v) is 9.05. The maximum absolute atomic E-state index is 13.3. The van der Waals surface area contributed by atoms with E-state index in [2.05, 4.69) is 68.9 Å². The first kappa shape index (κ1) is 49.7. The van der Waals surface area contributed by atoms with E-state index in [-0.39, 0.29) is 68.6 Å². The topological polar surface area (TPSA) is 188 Å². The Bertz CT molecular complexity index is 2610. The van der Waals surface area contributed by atoms with Gasteiger partial charge in [-0.1, -0.05) is 110 Å². The fourth-order valence-electron chi connectivity index (χ4n) is 9.05. The largest absolute Gasteiger partial charge is 0.382 e. The first-order valence-electron chi connectivity index (χ1n) is 23.8. The highest BCUT2D eigenvalue weighted by Gasteiger charge is 2.41.